The van der Waals surface area contributed by atoms with E-state index in [1.54, 1.807) is 0 Å². The Hall–Kier alpha value is -7.43. The van der Waals surface area contributed by atoms with Crippen LogP contribution in [0, 0.1) is 0 Å². The van der Waals surface area contributed by atoms with Gasteiger partial charge in [0, 0.05) is 33.2 Å². The predicted octanol–water partition coefficient (Wildman–Crippen LogP) is 13.0. The van der Waals surface area contributed by atoms with Crippen molar-refractivity contribution in [3.8, 4) is 73.2 Å². The lowest BCUT2D eigenvalue weighted by Gasteiger charge is -2.15. The van der Waals surface area contributed by atoms with Crippen molar-refractivity contribution in [2.45, 2.75) is 0 Å². The lowest BCUT2D eigenvalue weighted by molar-refractivity contribution is 1.07. The summed E-state index contributed by atoms with van der Waals surface area (Å²) >= 11 is 0. The number of nitrogens with zero attached hydrogens (tertiary/aromatic N) is 4. The van der Waals surface area contributed by atoms with E-state index in [2.05, 4.69) is 60.7 Å². The first-order valence-corrected chi connectivity index (χ1v) is 18.2. The normalized spacial score (nSPS) is 12.3. The second kappa shape index (κ2) is 13.8. The fourth-order valence-electron chi connectivity index (χ4n) is 7.36. The Balaban J connectivity index is 1.26. The molecule has 0 radical (unpaired) electrons. The molecule has 8 aromatic carbocycles. The van der Waals surface area contributed by atoms with E-state index in [1.165, 1.54) is 0 Å². The number of aromatic nitrogens is 4. The number of hydrogen-bond donors (Lipinski definition) is 0. The van der Waals surface area contributed by atoms with Gasteiger partial charge >= 0.3 is 0 Å². The van der Waals surface area contributed by atoms with Gasteiger partial charge in [-0.25, -0.2) is 15.0 Å². The molecule has 0 fully saturated rings. The molecule has 55 heavy (non-hydrogen) atoms. The standard InChI is InChI=1S/C51H34N4/c1-5-17-35(18-6-1)40-31-41(51-53-49(37-21-9-3-10-22-37)52-50(54-51)38-23-11-4-12-24-38)33-42(32-40)55-47-28-16-15-27-45(47)46-34-39(29-30-48(46)55)44-26-14-13-25-43(44)36-19-7-2-8-20-36/h1-34H/i15D,16D,27D,28D. The summed E-state index contributed by atoms with van der Waals surface area (Å²) in [4.78, 5) is 15.0. The molecule has 10 rings (SSSR count). The molecule has 4 nitrogen and oxygen atoms in total. The van der Waals surface area contributed by atoms with E-state index in [0.29, 0.717) is 34.1 Å². The van der Waals surface area contributed by atoms with Crippen LogP contribution in [-0.2, 0) is 0 Å². The molecule has 2 heterocycles. The van der Waals surface area contributed by atoms with Gasteiger partial charge in [0.2, 0.25) is 0 Å². The summed E-state index contributed by atoms with van der Waals surface area (Å²) in [5.74, 6) is 1.55. The molecule has 0 saturated heterocycles. The quantitative estimate of drug-likeness (QED) is 0.166. The van der Waals surface area contributed by atoms with Gasteiger partial charge in [-0.05, 0) is 69.8 Å². The molecule has 0 N–H and O–H groups in total. The van der Waals surface area contributed by atoms with Gasteiger partial charge in [0.15, 0.2) is 17.5 Å². The van der Waals surface area contributed by atoms with E-state index in [1.807, 2.05) is 126 Å². The highest BCUT2D eigenvalue weighted by Crippen LogP contribution is 2.39. The second-order valence-electron chi connectivity index (χ2n) is 13.4. The zero-order valence-electron chi connectivity index (χ0n) is 33.6. The molecule has 0 aliphatic heterocycles. The van der Waals surface area contributed by atoms with Gasteiger partial charge in [0.1, 0.15) is 0 Å². The van der Waals surface area contributed by atoms with E-state index in [9.17, 15) is 2.74 Å². The number of hydrogen-bond acceptors (Lipinski definition) is 3. The van der Waals surface area contributed by atoms with E-state index in [0.717, 1.165) is 61.0 Å². The smallest absolute Gasteiger partial charge is 0.164 e. The van der Waals surface area contributed by atoms with Gasteiger partial charge < -0.3 is 4.57 Å². The average Bonchev–Trinajstić information content (AvgIpc) is 3.66. The van der Waals surface area contributed by atoms with Crippen LogP contribution in [-0.4, -0.2) is 19.5 Å². The molecule has 0 aliphatic carbocycles. The second-order valence-corrected chi connectivity index (χ2v) is 13.4. The first-order valence-electron chi connectivity index (χ1n) is 20.2. The molecule has 2 aromatic heterocycles. The zero-order chi connectivity index (χ0) is 40.0. The minimum absolute atomic E-state index is 0.0878. The lowest BCUT2D eigenvalue weighted by Crippen LogP contribution is -2.01. The van der Waals surface area contributed by atoms with Crippen LogP contribution >= 0.6 is 0 Å². The van der Waals surface area contributed by atoms with Gasteiger partial charge in [-0.2, -0.15) is 0 Å². The van der Waals surface area contributed by atoms with Crippen molar-refractivity contribution in [1.29, 1.82) is 0 Å². The third-order valence-electron chi connectivity index (χ3n) is 9.96. The topological polar surface area (TPSA) is 43.6 Å². The summed E-state index contributed by atoms with van der Waals surface area (Å²) in [6.45, 7) is 0. The van der Waals surface area contributed by atoms with E-state index < -0.39 is 0 Å². The maximum Gasteiger partial charge on any atom is 0.164 e. The van der Waals surface area contributed by atoms with E-state index in [4.69, 9.17) is 17.7 Å². The summed E-state index contributed by atoms with van der Waals surface area (Å²) < 4.78 is 38.2. The summed E-state index contributed by atoms with van der Waals surface area (Å²) in [7, 11) is 0. The molecule has 0 amide bonds. The van der Waals surface area contributed by atoms with Crippen LogP contribution in [0.1, 0.15) is 5.48 Å². The minimum atomic E-state index is -0.293. The molecule has 0 aliphatic rings. The SMILES string of the molecule is [2H]c1c([2H])c([2H])c2c(c1[2H])c1cc(-c3ccccc3-c3ccccc3)ccc1n2-c1cc(-c2ccccc2)cc(-c2nc(-c3ccccc3)nc(-c3ccccc3)n2)c1. The Morgan fingerprint density at radius 1 is 0.345 bits per heavy atom. The van der Waals surface area contributed by atoms with Crippen molar-refractivity contribution in [3.05, 3.63) is 206 Å². The number of benzene rings is 8. The maximum absolute atomic E-state index is 9.35. The third kappa shape index (κ3) is 6.06. The van der Waals surface area contributed by atoms with Crippen LogP contribution in [0.25, 0.3) is 95.0 Å². The Morgan fingerprint density at radius 2 is 0.836 bits per heavy atom. The summed E-state index contributed by atoms with van der Waals surface area (Å²) in [6, 6.07) is 59.8. The van der Waals surface area contributed by atoms with Crippen LogP contribution in [0.15, 0.2) is 206 Å². The fraction of sp³-hybridized carbons (Fsp3) is 0. The molecule has 4 heteroatoms. The highest BCUT2D eigenvalue weighted by molar-refractivity contribution is 6.11. The minimum Gasteiger partial charge on any atom is -0.309 e. The van der Waals surface area contributed by atoms with Gasteiger partial charge in [-0.15, -0.1) is 0 Å². The zero-order valence-corrected chi connectivity index (χ0v) is 29.6. The van der Waals surface area contributed by atoms with Crippen molar-refractivity contribution in [3.63, 3.8) is 0 Å². The molecular weight excluding hydrogens is 669 g/mol. The van der Waals surface area contributed by atoms with Crippen LogP contribution in [0.2, 0.25) is 0 Å². The van der Waals surface area contributed by atoms with Gasteiger partial charge in [-0.1, -0.05) is 170 Å². The van der Waals surface area contributed by atoms with Crippen LogP contribution in [0.3, 0.4) is 0 Å². The molecule has 10 aromatic rings. The van der Waals surface area contributed by atoms with Crippen LogP contribution < -0.4 is 0 Å². The Labute approximate surface area is 325 Å². The first-order chi connectivity index (χ1) is 28.9. The molecule has 258 valence electrons. The Bertz CT molecular complexity index is 3130. The summed E-state index contributed by atoms with van der Waals surface area (Å²) in [5, 5.41) is 1.17. The van der Waals surface area contributed by atoms with Crippen LogP contribution in [0.5, 0.6) is 0 Å². The van der Waals surface area contributed by atoms with Crippen molar-refractivity contribution >= 4 is 21.8 Å². The lowest BCUT2D eigenvalue weighted by atomic mass is 9.94. The van der Waals surface area contributed by atoms with Gasteiger partial charge in [0.25, 0.3) is 0 Å². The number of fused-ring (bicyclic) bond motifs is 3. The monoisotopic (exact) mass is 706 g/mol. The predicted molar refractivity (Wildman–Crippen MR) is 227 cm³/mol. The molecule has 0 bridgehead atoms. The fourth-order valence-corrected chi connectivity index (χ4v) is 7.36. The molecule has 0 spiro atoms. The number of para-hydroxylation sites is 1. The summed E-state index contributed by atoms with van der Waals surface area (Å²) in [6.07, 6.45) is 0. The summed E-state index contributed by atoms with van der Waals surface area (Å²) in [5.41, 5.74) is 10.3. The van der Waals surface area contributed by atoms with E-state index >= 15 is 0 Å². The van der Waals surface area contributed by atoms with Gasteiger partial charge in [0.05, 0.1) is 16.5 Å². The average molecular weight is 707 g/mol. The van der Waals surface area contributed by atoms with Crippen molar-refractivity contribution < 1.29 is 5.48 Å². The molecule has 0 unspecified atom stereocenters. The molecular formula is C51H34N4. The first kappa shape index (κ1) is 28.1. The maximum atomic E-state index is 9.35. The van der Waals surface area contributed by atoms with Crippen molar-refractivity contribution in [2.75, 3.05) is 0 Å². The highest BCUT2D eigenvalue weighted by atomic mass is 15.0. The van der Waals surface area contributed by atoms with Gasteiger partial charge in [-0.3, -0.25) is 0 Å². The largest absolute Gasteiger partial charge is 0.309 e. The molecule has 0 atom stereocenters. The third-order valence-corrected chi connectivity index (χ3v) is 9.96. The Kier molecular flexibility index (Phi) is 7.08. The highest BCUT2D eigenvalue weighted by Gasteiger charge is 2.18. The van der Waals surface area contributed by atoms with E-state index in [-0.39, 0.29) is 24.2 Å². The van der Waals surface area contributed by atoms with Crippen molar-refractivity contribution in [2.24, 2.45) is 0 Å². The number of rotatable bonds is 7. The van der Waals surface area contributed by atoms with Crippen LogP contribution in [0.4, 0.5) is 0 Å². The Morgan fingerprint density at radius 3 is 1.45 bits per heavy atom. The molecule has 0 saturated carbocycles. The van der Waals surface area contributed by atoms with Crippen molar-refractivity contribution in [1.82, 2.24) is 19.5 Å².